The number of halogens is 2. The van der Waals surface area contributed by atoms with Gasteiger partial charge in [0.1, 0.15) is 6.54 Å². The first kappa shape index (κ1) is 19.3. The molecule has 2 rings (SSSR count). The molecule has 1 aromatic carbocycles. The molecule has 8 heteroatoms. The molecule has 0 heterocycles. The summed E-state index contributed by atoms with van der Waals surface area (Å²) in [6.45, 7) is 0.269. The van der Waals surface area contributed by atoms with E-state index in [2.05, 4.69) is 5.32 Å². The molecule has 134 valence electrons. The van der Waals surface area contributed by atoms with Crippen LogP contribution in [0.3, 0.4) is 0 Å². The molecule has 0 spiro atoms. The summed E-state index contributed by atoms with van der Waals surface area (Å²) in [5.74, 6) is 0.131. The number of anilines is 1. The molecule has 1 fully saturated rings. The van der Waals surface area contributed by atoms with E-state index in [4.69, 9.17) is 23.2 Å². The monoisotopic (exact) mass is 392 g/mol. The lowest BCUT2D eigenvalue weighted by molar-refractivity contribution is -0.119. The fourth-order valence-electron chi connectivity index (χ4n) is 2.89. The van der Waals surface area contributed by atoms with Crippen molar-refractivity contribution in [3.8, 4) is 0 Å². The van der Waals surface area contributed by atoms with Gasteiger partial charge in [0.2, 0.25) is 15.9 Å². The minimum absolute atomic E-state index is 0.208. The van der Waals surface area contributed by atoms with Crippen molar-refractivity contribution in [3.05, 3.63) is 28.2 Å². The number of hydrogen-bond donors (Lipinski definition) is 1. The van der Waals surface area contributed by atoms with Crippen LogP contribution in [0.5, 0.6) is 0 Å². The molecule has 5 nitrogen and oxygen atoms in total. The Bertz CT molecular complexity index is 689. The molecule has 1 aliphatic rings. The number of rotatable bonds is 6. The Morgan fingerprint density at radius 3 is 2.54 bits per heavy atom. The first-order chi connectivity index (χ1) is 11.3. The Hall–Kier alpha value is -0.980. The zero-order chi connectivity index (χ0) is 17.7. The Morgan fingerprint density at radius 1 is 1.25 bits per heavy atom. The molecule has 24 heavy (non-hydrogen) atoms. The van der Waals surface area contributed by atoms with Crippen molar-refractivity contribution in [2.24, 2.45) is 5.92 Å². The van der Waals surface area contributed by atoms with Crippen molar-refractivity contribution in [3.63, 3.8) is 0 Å². The van der Waals surface area contributed by atoms with Crippen LogP contribution in [0.4, 0.5) is 5.69 Å². The Kier molecular flexibility index (Phi) is 6.78. The number of amides is 1. The third-order valence-corrected chi connectivity index (χ3v) is 5.86. The van der Waals surface area contributed by atoms with Gasteiger partial charge < -0.3 is 5.32 Å². The first-order valence-corrected chi connectivity index (χ1v) is 10.6. The Labute approximate surface area is 153 Å². The molecule has 1 aliphatic carbocycles. The smallest absolute Gasteiger partial charge is 0.240 e. The van der Waals surface area contributed by atoms with Crippen molar-refractivity contribution < 1.29 is 13.2 Å². The van der Waals surface area contributed by atoms with Crippen LogP contribution < -0.4 is 9.62 Å². The van der Waals surface area contributed by atoms with E-state index in [1.54, 1.807) is 6.07 Å². The zero-order valence-electron chi connectivity index (χ0n) is 13.6. The van der Waals surface area contributed by atoms with E-state index in [0.717, 1.165) is 23.4 Å². The number of sulfonamides is 1. The van der Waals surface area contributed by atoms with Crippen LogP contribution in [0.25, 0.3) is 0 Å². The van der Waals surface area contributed by atoms with Gasteiger partial charge in [-0.1, -0.05) is 42.5 Å². The second-order valence-corrected chi connectivity index (χ2v) is 8.92. The molecule has 0 aliphatic heterocycles. The van der Waals surface area contributed by atoms with Gasteiger partial charge in [-0.25, -0.2) is 8.42 Å². The molecule has 0 unspecified atom stereocenters. The maximum absolute atomic E-state index is 12.2. The molecule has 0 atom stereocenters. The molecule has 1 aromatic rings. The normalized spacial score (nSPS) is 16.0. The summed E-state index contributed by atoms with van der Waals surface area (Å²) in [6.07, 6.45) is 6.88. The van der Waals surface area contributed by atoms with E-state index in [1.807, 2.05) is 0 Å². The molecule has 0 aromatic heterocycles. The van der Waals surface area contributed by atoms with Crippen LogP contribution >= 0.6 is 23.2 Å². The predicted octanol–water partition coefficient (Wildman–Crippen LogP) is 3.46. The van der Waals surface area contributed by atoms with Crippen LogP contribution in [0, 0.1) is 5.92 Å². The zero-order valence-corrected chi connectivity index (χ0v) is 15.9. The molecule has 1 N–H and O–H groups in total. The standard InChI is InChI=1S/C16H22Cl2N2O3S/c1-24(22,23)20(15-9-13(17)7-8-14(15)18)11-16(21)19-10-12-5-3-2-4-6-12/h7-9,12H,2-6,10-11H2,1H3,(H,19,21). The van der Waals surface area contributed by atoms with Crippen molar-refractivity contribution in [2.75, 3.05) is 23.7 Å². The molecule has 0 radical (unpaired) electrons. The molecule has 1 saturated carbocycles. The van der Waals surface area contributed by atoms with E-state index in [1.165, 1.54) is 31.4 Å². The van der Waals surface area contributed by atoms with Gasteiger partial charge in [0.25, 0.3) is 0 Å². The molecular formula is C16H22Cl2N2O3S. The number of benzene rings is 1. The van der Waals surface area contributed by atoms with Crippen LogP contribution in [0.2, 0.25) is 10.0 Å². The summed E-state index contributed by atoms with van der Waals surface area (Å²) < 4.78 is 25.1. The SMILES string of the molecule is CS(=O)(=O)N(CC(=O)NCC1CCCCC1)c1cc(Cl)ccc1Cl. The fourth-order valence-corrected chi connectivity index (χ4v) is 4.19. The lowest BCUT2D eigenvalue weighted by Crippen LogP contribution is -2.42. The number of carbonyl (C=O) groups is 1. The van der Waals surface area contributed by atoms with Crippen LogP contribution in [0.15, 0.2) is 18.2 Å². The van der Waals surface area contributed by atoms with Gasteiger partial charge in [0, 0.05) is 11.6 Å². The second kappa shape index (κ2) is 8.41. The lowest BCUT2D eigenvalue weighted by atomic mass is 9.89. The minimum atomic E-state index is -3.67. The van der Waals surface area contributed by atoms with E-state index < -0.39 is 10.0 Å². The third kappa shape index (κ3) is 5.53. The topological polar surface area (TPSA) is 66.5 Å². The highest BCUT2D eigenvalue weighted by molar-refractivity contribution is 7.92. The highest BCUT2D eigenvalue weighted by atomic mass is 35.5. The van der Waals surface area contributed by atoms with Gasteiger partial charge in [-0.05, 0) is 37.0 Å². The number of carbonyl (C=O) groups excluding carboxylic acids is 1. The van der Waals surface area contributed by atoms with Crippen molar-refractivity contribution in [1.82, 2.24) is 5.32 Å². The van der Waals surface area contributed by atoms with Gasteiger partial charge in [-0.15, -0.1) is 0 Å². The predicted molar refractivity (Wildman–Crippen MR) is 98.2 cm³/mol. The van der Waals surface area contributed by atoms with Gasteiger partial charge in [-0.3, -0.25) is 9.10 Å². The van der Waals surface area contributed by atoms with E-state index in [-0.39, 0.29) is 23.2 Å². The number of nitrogens with zero attached hydrogens (tertiary/aromatic N) is 1. The maximum atomic E-state index is 12.2. The highest BCUT2D eigenvalue weighted by Gasteiger charge is 2.24. The highest BCUT2D eigenvalue weighted by Crippen LogP contribution is 2.30. The lowest BCUT2D eigenvalue weighted by Gasteiger charge is -2.25. The van der Waals surface area contributed by atoms with Crippen molar-refractivity contribution >= 4 is 44.8 Å². The van der Waals surface area contributed by atoms with E-state index in [0.29, 0.717) is 17.5 Å². The molecule has 0 bridgehead atoms. The van der Waals surface area contributed by atoms with Gasteiger partial charge >= 0.3 is 0 Å². The largest absolute Gasteiger partial charge is 0.354 e. The molecule has 1 amide bonds. The quantitative estimate of drug-likeness (QED) is 0.805. The number of nitrogens with one attached hydrogen (secondary N) is 1. The van der Waals surface area contributed by atoms with Crippen LogP contribution in [0.1, 0.15) is 32.1 Å². The van der Waals surface area contributed by atoms with Gasteiger partial charge in [-0.2, -0.15) is 0 Å². The summed E-state index contributed by atoms with van der Waals surface area (Å²) >= 11 is 12.0. The Morgan fingerprint density at radius 2 is 1.92 bits per heavy atom. The summed E-state index contributed by atoms with van der Waals surface area (Å²) in [4.78, 5) is 12.2. The summed E-state index contributed by atoms with van der Waals surface area (Å²) in [5, 5.41) is 3.42. The van der Waals surface area contributed by atoms with E-state index >= 15 is 0 Å². The first-order valence-electron chi connectivity index (χ1n) is 7.97. The summed E-state index contributed by atoms with van der Waals surface area (Å²) in [7, 11) is -3.67. The summed E-state index contributed by atoms with van der Waals surface area (Å²) in [5.41, 5.74) is 0.208. The average Bonchev–Trinajstić information content (AvgIpc) is 2.53. The molecular weight excluding hydrogens is 371 g/mol. The van der Waals surface area contributed by atoms with E-state index in [9.17, 15) is 13.2 Å². The summed E-state index contributed by atoms with van der Waals surface area (Å²) in [6, 6.07) is 4.52. The average molecular weight is 393 g/mol. The third-order valence-electron chi connectivity index (χ3n) is 4.18. The second-order valence-electron chi connectivity index (χ2n) is 6.17. The van der Waals surface area contributed by atoms with Gasteiger partial charge in [0.15, 0.2) is 0 Å². The molecule has 0 saturated heterocycles. The Balaban J connectivity index is 2.06. The fraction of sp³-hybridized carbons (Fsp3) is 0.562. The van der Waals surface area contributed by atoms with Gasteiger partial charge in [0.05, 0.1) is 17.0 Å². The van der Waals surface area contributed by atoms with Crippen LogP contribution in [-0.2, 0) is 14.8 Å². The number of hydrogen-bond acceptors (Lipinski definition) is 3. The minimum Gasteiger partial charge on any atom is -0.354 e. The van der Waals surface area contributed by atoms with Crippen LogP contribution in [-0.4, -0.2) is 33.7 Å². The van der Waals surface area contributed by atoms with Crippen molar-refractivity contribution in [1.29, 1.82) is 0 Å². The van der Waals surface area contributed by atoms with Crippen molar-refractivity contribution in [2.45, 2.75) is 32.1 Å². The maximum Gasteiger partial charge on any atom is 0.240 e.